The van der Waals surface area contributed by atoms with Crippen molar-refractivity contribution in [3.05, 3.63) is 54.0 Å². The summed E-state index contributed by atoms with van der Waals surface area (Å²) in [6.45, 7) is 2.16. The molecule has 0 aliphatic carbocycles. The second kappa shape index (κ2) is 9.27. The number of nitrogens with one attached hydrogen (secondary N) is 1. The largest absolute Gasteiger partial charge is 0.494 e. The Hall–Kier alpha value is -3.09. The molecule has 0 saturated carbocycles. The van der Waals surface area contributed by atoms with Crippen LogP contribution in [0.15, 0.2) is 47.1 Å². The number of amides is 1. The highest BCUT2D eigenvalue weighted by atomic mass is 16.5. The van der Waals surface area contributed by atoms with Crippen LogP contribution in [-0.2, 0) is 9.53 Å². The zero-order valence-electron chi connectivity index (χ0n) is 13.8. The minimum atomic E-state index is -0.570. The van der Waals surface area contributed by atoms with E-state index in [1.54, 1.807) is 30.3 Å². The summed E-state index contributed by atoms with van der Waals surface area (Å²) in [5.41, 5.74) is 0.433. The molecule has 1 aromatic heterocycles. The van der Waals surface area contributed by atoms with Gasteiger partial charge in [-0.3, -0.25) is 14.4 Å². The lowest BCUT2D eigenvalue weighted by atomic mass is 10.1. The number of carbonyl (C=O) groups is 3. The van der Waals surface area contributed by atoms with Crippen molar-refractivity contribution in [3.8, 4) is 5.75 Å². The Balaban J connectivity index is 1.68. The van der Waals surface area contributed by atoms with Crippen LogP contribution in [0.4, 0.5) is 0 Å². The van der Waals surface area contributed by atoms with Gasteiger partial charge >= 0.3 is 5.97 Å². The molecule has 0 aliphatic heterocycles. The summed E-state index contributed by atoms with van der Waals surface area (Å²) in [4.78, 5) is 35.2. The molecule has 0 aliphatic rings. The molecule has 0 atom stereocenters. The Morgan fingerprint density at radius 3 is 2.52 bits per heavy atom. The molecule has 0 bridgehead atoms. The average molecular weight is 345 g/mol. The molecule has 7 heteroatoms. The number of esters is 1. The van der Waals surface area contributed by atoms with Gasteiger partial charge in [-0.2, -0.15) is 0 Å². The molecular weight excluding hydrogens is 326 g/mol. The maximum absolute atomic E-state index is 12.0. The van der Waals surface area contributed by atoms with Crippen LogP contribution in [0.1, 0.15) is 34.3 Å². The van der Waals surface area contributed by atoms with Crippen molar-refractivity contribution in [1.29, 1.82) is 0 Å². The second-order valence-electron chi connectivity index (χ2n) is 5.02. The van der Waals surface area contributed by atoms with E-state index in [1.165, 1.54) is 12.3 Å². The molecule has 7 nitrogen and oxygen atoms in total. The number of ketones is 1. The van der Waals surface area contributed by atoms with Gasteiger partial charge in [0.15, 0.2) is 18.2 Å². The predicted octanol–water partition coefficient (Wildman–Crippen LogP) is 2.22. The van der Waals surface area contributed by atoms with Gasteiger partial charge in [-0.1, -0.05) is 0 Å². The van der Waals surface area contributed by atoms with Crippen LogP contribution in [0.25, 0.3) is 0 Å². The normalized spacial score (nSPS) is 10.1. The zero-order chi connectivity index (χ0) is 18.1. The van der Waals surface area contributed by atoms with Crippen LogP contribution in [0.5, 0.6) is 5.75 Å². The highest BCUT2D eigenvalue weighted by molar-refractivity contribution is 5.98. The first-order valence-electron chi connectivity index (χ1n) is 7.83. The Bertz CT molecular complexity index is 706. The number of hydrogen-bond donors (Lipinski definition) is 1. The predicted molar refractivity (Wildman–Crippen MR) is 88.6 cm³/mol. The summed E-state index contributed by atoms with van der Waals surface area (Å²) < 4.78 is 15.1. The molecule has 0 spiro atoms. The van der Waals surface area contributed by atoms with Crippen LogP contribution in [0.3, 0.4) is 0 Å². The van der Waals surface area contributed by atoms with Crippen molar-refractivity contribution in [1.82, 2.24) is 5.32 Å². The number of furan rings is 1. The summed E-state index contributed by atoms with van der Waals surface area (Å²) in [5, 5.41) is 2.52. The van der Waals surface area contributed by atoms with Crippen molar-refractivity contribution in [2.24, 2.45) is 0 Å². The molecule has 25 heavy (non-hydrogen) atoms. The highest BCUT2D eigenvalue weighted by Gasteiger charge is 2.12. The van der Waals surface area contributed by atoms with E-state index >= 15 is 0 Å². The molecule has 0 fully saturated rings. The van der Waals surface area contributed by atoms with Gasteiger partial charge < -0.3 is 19.2 Å². The number of hydrogen-bond acceptors (Lipinski definition) is 6. The third kappa shape index (κ3) is 5.80. The van der Waals surface area contributed by atoms with Crippen molar-refractivity contribution < 1.29 is 28.3 Å². The monoisotopic (exact) mass is 345 g/mol. The molecule has 1 N–H and O–H groups in total. The summed E-state index contributed by atoms with van der Waals surface area (Å²) >= 11 is 0. The van der Waals surface area contributed by atoms with Gasteiger partial charge in [-0.05, 0) is 43.3 Å². The molecule has 0 saturated heterocycles. The van der Waals surface area contributed by atoms with E-state index in [0.717, 1.165) is 0 Å². The molecule has 1 heterocycles. The standard InChI is InChI=1S/C18H19NO6/c1-2-23-14-7-5-13(6-8-14)15(20)12-25-17(21)9-10-19-18(22)16-4-3-11-24-16/h3-8,11H,2,9-10,12H2,1H3,(H,19,22). The Kier molecular flexibility index (Phi) is 6.76. The van der Waals surface area contributed by atoms with Crippen molar-refractivity contribution >= 4 is 17.7 Å². The third-order valence-electron chi connectivity index (χ3n) is 3.21. The fourth-order valence-corrected chi connectivity index (χ4v) is 1.98. The van der Waals surface area contributed by atoms with E-state index in [2.05, 4.69) is 5.32 Å². The molecule has 1 amide bonds. The third-order valence-corrected chi connectivity index (χ3v) is 3.21. The van der Waals surface area contributed by atoms with E-state index < -0.39 is 11.9 Å². The quantitative estimate of drug-likeness (QED) is 0.553. The maximum Gasteiger partial charge on any atom is 0.308 e. The van der Waals surface area contributed by atoms with E-state index in [1.807, 2.05) is 6.92 Å². The number of rotatable bonds is 9. The van der Waals surface area contributed by atoms with Gasteiger partial charge in [0, 0.05) is 12.1 Å². The van der Waals surface area contributed by atoms with Crippen LogP contribution < -0.4 is 10.1 Å². The molecule has 1 aromatic carbocycles. The molecule has 132 valence electrons. The van der Waals surface area contributed by atoms with Crippen LogP contribution in [0.2, 0.25) is 0 Å². The van der Waals surface area contributed by atoms with Crippen molar-refractivity contribution in [2.75, 3.05) is 19.8 Å². The molecule has 2 aromatic rings. The van der Waals surface area contributed by atoms with Gasteiger partial charge in [0.2, 0.25) is 0 Å². The van der Waals surface area contributed by atoms with Crippen molar-refractivity contribution in [3.63, 3.8) is 0 Å². The fourth-order valence-electron chi connectivity index (χ4n) is 1.98. The Morgan fingerprint density at radius 1 is 1.12 bits per heavy atom. The number of benzene rings is 1. The number of Topliss-reactive ketones (excluding diaryl/α,β-unsaturated/α-hetero) is 1. The van der Waals surface area contributed by atoms with E-state index in [-0.39, 0.29) is 31.1 Å². The van der Waals surface area contributed by atoms with Gasteiger partial charge in [-0.25, -0.2) is 0 Å². The van der Waals surface area contributed by atoms with Gasteiger partial charge in [0.1, 0.15) is 5.75 Å². The van der Waals surface area contributed by atoms with Crippen molar-refractivity contribution in [2.45, 2.75) is 13.3 Å². The summed E-state index contributed by atoms with van der Waals surface area (Å²) in [6.07, 6.45) is 1.35. The smallest absolute Gasteiger partial charge is 0.308 e. The van der Waals surface area contributed by atoms with Gasteiger partial charge in [0.25, 0.3) is 5.91 Å². The topological polar surface area (TPSA) is 94.8 Å². The summed E-state index contributed by atoms with van der Waals surface area (Å²) in [5.74, 6) is -0.458. The SMILES string of the molecule is CCOc1ccc(C(=O)COC(=O)CCNC(=O)c2ccco2)cc1. The molecule has 0 unspecified atom stereocenters. The van der Waals surface area contributed by atoms with Crippen LogP contribution in [0, 0.1) is 0 Å². The number of ether oxygens (including phenoxy) is 2. The number of carbonyl (C=O) groups excluding carboxylic acids is 3. The molecule has 0 radical (unpaired) electrons. The lowest BCUT2D eigenvalue weighted by molar-refractivity contribution is -0.142. The lowest BCUT2D eigenvalue weighted by Crippen LogP contribution is -2.26. The highest BCUT2D eigenvalue weighted by Crippen LogP contribution is 2.12. The zero-order valence-corrected chi connectivity index (χ0v) is 13.8. The minimum Gasteiger partial charge on any atom is -0.494 e. The molecular formula is C18H19NO6. The first kappa shape index (κ1) is 18.3. The van der Waals surface area contributed by atoms with Gasteiger partial charge in [-0.15, -0.1) is 0 Å². The summed E-state index contributed by atoms with van der Waals surface area (Å²) in [6, 6.07) is 9.71. The first-order valence-corrected chi connectivity index (χ1v) is 7.83. The Labute approximate surface area is 144 Å². The van der Waals surface area contributed by atoms with Gasteiger partial charge in [0.05, 0.1) is 19.3 Å². The second-order valence-corrected chi connectivity index (χ2v) is 5.02. The Morgan fingerprint density at radius 2 is 1.88 bits per heavy atom. The lowest BCUT2D eigenvalue weighted by Gasteiger charge is -2.06. The average Bonchev–Trinajstić information content (AvgIpc) is 3.15. The van der Waals surface area contributed by atoms with E-state index in [0.29, 0.717) is 17.9 Å². The first-order chi connectivity index (χ1) is 12.1. The maximum atomic E-state index is 12.0. The molecule has 2 rings (SSSR count). The van der Waals surface area contributed by atoms with Crippen LogP contribution >= 0.6 is 0 Å². The van der Waals surface area contributed by atoms with E-state index in [9.17, 15) is 14.4 Å². The van der Waals surface area contributed by atoms with E-state index in [4.69, 9.17) is 13.9 Å². The minimum absolute atomic E-state index is 0.0387. The summed E-state index contributed by atoms with van der Waals surface area (Å²) in [7, 11) is 0. The fraction of sp³-hybridized carbons (Fsp3) is 0.278. The van der Waals surface area contributed by atoms with Crippen LogP contribution in [-0.4, -0.2) is 37.4 Å².